The second-order valence-corrected chi connectivity index (χ2v) is 4.57. The Morgan fingerprint density at radius 1 is 1.18 bits per heavy atom. The number of ether oxygens (including phenoxy) is 1. The highest BCUT2D eigenvalue weighted by molar-refractivity contribution is 5.96. The van der Waals surface area contributed by atoms with Crippen molar-refractivity contribution >= 4 is 11.9 Å². The maximum absolute atomic E-state index is 12.2. The van der Waals surface area contributed by atoms with Crippen LogP contribution < -0.4 is 5.32 Å². The summed E-state index contributed by atoms with van der Waals surface area (Å²) in [5.74, 6) is -1.21. The van der Waals surface area contributed by atoms with Gasteiger partial charge in [0.05, 0.1) is 7.11 Å². The molecule has 1 heterocycles. The zero-order valence-corrected chi connectivity index (χ0v) is 12.0. The molecule has 6 heteroatoms. The number of nitrogens with one attached hydrogen (secondary N) is 1. The molecule has 0 saturated carbocycles. The fourth-order valence-corrected chi connectivity index (χ4v) is 1.95. The largest absolute Gasteiger partial charge is 0.467 e. The van der Waals surface area contributed by atoms with Gasteiger partial charge in [0.25, 0.3) is 5.91 Å². The van der Waals surface area contributed by atoms with Crippen LogP contribution in [0.1, 0.15) is 22.0 Å². The molecule has 0 fully saturated rings. The van der Waals surface area contributed by atoms with E-state index >= 15 is 0 Å². The zero-order valence-electron chi connectivity index (χ0n) is 12.0. The summed E-state index contributed by atoms with van der Waals surface area (Å²) >= 11 is 0. The molecule has 0 bridgehead atoms. The molecule has 0 radical (unpaired) electrons. The summed E-state index contributed by atoms with van der Waals surface area (Å²) in [7, 11) is 1.19. The Balaban J connectivity index is 2.20. The molecule has 2 N–H and O–H groups in total. The van der Waals surface area contributed by atoms with Gasteiger partial charge in [-0.1, -0.05) is 24.3 Å². The Hall–Kier alpha value is -2.73. The number of benzene rings is 1. The first-order chi connectivity index (χ1) is 10.6. The maximum atomic E-state index is 12.2. The number of rotatable bonds is 5. The molecule has 0 spiro atoms. The van der Waals surface area contributed by atoms with E-state index in [2.05, 4.69) is 15.0 Å². The third kappa shape index (κ3) is 3.67. The van der Waals surface area contributed by atoms with Crippen LogP contribution in [0.2, 0.25) is 0 Å². The average molecular weight is 300 g/mol. The molecule has 0 saturated heterocycles. The Labute approximate surface area is 127 Å². The minimum atomic E-state index is -1.26. The quantitative estimate of drug-likeness (QED) is 0.807. The molecule has 2 atom stereocenters. The monoisotopic (exact) mass is 300 g/mol. The van der Waals surface area contributed by atoms with Crippen molar-refractivity contribution in [1.29, 1.82) is 0 Å². The van der Waals surface area contributed by atoms with Crippen LogP contribution in [0.3, 0.4) is 0 Å². The van der Waals surface area contributed by atoms with E-state index in [0.29, 0.717) is 11.1 Å². The first kappa shape index (κ1) is 15.7. The highest BCUT2D eigenvalue weighted by Gasteiger charge is 2.31. The number of nitrogens with zero attached hydrogens (tertiary/aromatic N) is 1. The van der Waals surface area contributed by atoms with Crippen molar-refractivity contribution in [2.24, 2.45) is 0 Å². The third-order valence-electron chi connectivity index (χ3n) is 3.12. The van der Waals surface area contributed by atoms with Gasteiger partial charge < -0.3 is 15.2 Å². The van der Waals surface area contributed by atoms with Gasteiger partial charge in [0, 0.05) is 23.5 Å². The van der Waals surface area contributed by atoms with Crippen molar-refractivity contribution < 1.29 is 19.4 Å². The van der Waals surface area contributed by atoms with Gasteiger partial charge in [0.15, 0.2) is 6.04 Å². The van der Waals surface area contributed by atoms with Crippen LogP contribution in [-0.4, -0.2) is 35.1 Å². The average Bonchev–Trinajstić information content (AvgIpc) is 2.59. The van der Waals surface area contributed by atoms with Crippen LogP contribution in [-0.2, 0) is 9.53 Å². The highest BCUT2D eigenvalue weighted by Crippen LogP contribution is 2.17. The van der Waals surface area contributed by atoms with E-state index in [1.807, 2.05) is 0 Å². The third-order valence-corrected chi connectivity index (χ3v) is 3.12. The lowest BCUT2D eigenvalue weighted by atomic mass is 10.0. The lowest BCUT2D eigenvalue weighted by Crippen LogP contribution is -2.45. The van der Waals surface area contributed by atoms with Crippen LogP contribution in [0.15, 0.2) is 54.9 Å². The Morgan fingerprint density at radius 2 is 1.91 bits per heavy atom. The summed E-state index contributed by atoms with van der Waals surface area (Å²) < 4.78 is 4.66. The van der Waals surface area contributed by atoms with Gasteiger partial charge in [0.2, 0.25) is 0 Å². The first-order valence-electron chi connectivity index (χ1n) is 6.65. The summed E-state index contributed by atoms with van der Waals surface area (Å²) in [5, 5.41) is 12.8. The van der Waals surface area contributed by atoms with Crippen molar-refractivity contribution in [1.82, 2.24) is 10.3 Å². The summed E-state index contributed by atoms with van der Waals surface area (Å²) in [5.41, 5.74) is 0.793. The summed E-state index contributed by atoms with van der Waals surface area (Å²) in [6, 6.07) is 10.4. The Bertz CT molecular complexity index is 631. The van der Waals surface area contributed by atoms with E-state index in [4.69, 9.17) is 0 Å². The molecule has 0 aliphatic carbocycles. The van der Waals surface area contributed by atoms with E-state index in [1.165, 1.54) is 13.3 Å². The van der Waals surface area contributed by atoms with Crippen LogP contribution >= 0.6 is 0 Å². The van der Waals surface area contributed by atoms with E-state index < -0.39 is 24.0 Å². The molecule has 6 nitrogen and oxygen atoms in total. The number of carbonyl (C=O) groups excluding carboxylic acids is 2. The maximum Gasteiger partial charge on any atom is 0.331 e. The highest BCUT2D eigenvalue weighted by atomic mass is 16.5. The number of aromatic nitrogens is 1. The number of hydrogen-bond donors (Lipinski definition) is 2. The predicted octanol–water partition coefficient (Wildman–Crippen LogP) is 1.09. The number of esters is 1. The molecule has 114 valence electrons. The summed E-state index contributed by atoms with van der Waals surface area (Å²) in [4.78, 5) is 27.9. The van der Waals surface area contributed by atoms with Gasteiger partial charge in [0.1, 0.15) is 6.10 Å². The first-order valence-corrected chi connectivity index (χ1v) is 6.65. The predicted molar refractivity (Wildman–Crippen MR) is 78.9 cm³/mol. The minimum Gasteiger partial charge on any atom is -0.467 e. The SMILES string of the molecule is COC(=O)[C@H](NC(=O)c1ccccc1)[C@@H](O)c1cccnc1. The summed E-state index contributed by atoms with van der Waals surface area (Å²) in [6.45, 7) is 0. The molecular formula is C16H16N2O4. The molecule has 22 heavy (non-hydrogen) atoms. The van der Waals surface area contributed by atoms with Crippen molar-refractivity contribution in [3.8, 4) is 0 Å². The molecule has 0 unspecified atom stereocenters. The van der Waals surface area contributed by atoms with E-state index in [1.54, 1.807) is 48.7 Å². The zero-order chi connectivity index (χ0) is 15.9. The van der Waals surface area contributed by atoms with Gasteiger partial charge in [-0.15, -0.1) is 0 Å². The normalized spacial score (nSPS) is 13.0. The van der Waals surface area contributed by atoms with Crippen molar-refractivity contribution in [2.45, 2.75) is 12.1 Å². The summed E-state index contributed by atoms with van der Waals surface area (Å²) in [6.07, 6.45) is 1.72. The number of amides is 1. The van der Waals surface area contributed by atoms with Gasteiger partial charge in [-0.05, 0) is 18.2 Å². The standard InChI is InChI=1S/C16H16N2O4/c1-22-16(21)13(14(19)12-8-5-9-17-10-12)18-15(20)11-6-3-2-4-7-11/h2-10,13-14,19H,1H3,(H,18,20)/t13-,14+/m1/s1. The molecular weight excluding hydrogens is 284 g/mol. The van der Waals surface area contributed by atoms with Crippen LogP contribution in [0.5, 0.6) is 0 Å². The number of aliphatic hydroxyl groups is 1. The number of pyridine rings is 1. The molecule has 2 aromatic rings. The van der Waals surface area contributed by atoms with Crippen LogP contribution in [0, 0.1) is 0 Å². The second-order valence-electron chi connectivity index (χ2n) is 4.57. The van der Waals surface area contributed by atoms with E-state index in [9.17, 15) is 14.7 Å². The topological polar surface area (TPSA) is 88.5 Å². The number of aliphatic hydroxyl groups excluding tert-OH is 1. The van der Waals surface area contributed by atoms with Crippen molar-refractivity contribution in [3.63, 3.8) is 0 Å². The Morgan fingerprint density at radius 3 is 2.50 bits per heavy atom. The van der Waals surface area contributed by atoms with Crippen LogP contribution in [0.4, 0.5) is 0 Å². The van der Waals surface area contributed by atoms with Gasteiger partial charge in [-0.2, -0.15) is 0 Å². The molecule has 1 amide bonds. The fourth-order valence-electron chi connectivity index (χ4n) is 1.95. The van der Waals surface area contributed by atoms with Gasteiger partial charge in [-0.25, -0.2) is 4.79 Å². The number of methoxy groups -OCH3 is 1. The number of hydrogen-bond acceptors (Lipinski definition) is 5. The van der Waals surface area contributed by atoms with Crippen LogP contribution in [0.25, 0.3) is 0 Å². The lowest BCUT2D eigenvalue weighted by molar-refractivity contribution is -0.146. The molecule has 1 aromatic heterocycles. The number of carbonyl (C=O) groups is 2. The molecule has 0 aliphatic heterocycles. The van der Waals surface area contributed by atoms with Gasteiger partial charge >= 0.3 is 5.97 Å². The van der Waals surface area contributed by atoms with Crippen molar-refractivity contribution in [2.75, 3.05) is 7.11 Å². The van der Waals surface area contributed by atoms with Crippen molar-refractivity contribution in [3.05, 3.63) is 66.0 Å². The van der Waals surface area contributed by atoms with Gasteiger partial charge in [-0.3, -0.25) is 9.78 Å². The molecule has 2 rings (SSSR count). The van der Waals surface area contributed by atoms with E-state index in [-0.39, 0.29) is 0 Å². The fraction of sp³-hybridized carbons (Fsp3) is 0.188. The second kappa shape index (κ2) is 7.33. The lowest BCUT2D eigenvalue weighted by Gasteiger charge is -2.22. The minimum absolute atomic E-state index is 0.384. The van der Waals surface area contributed by atoms with E-state index in [0.717, 1.165) is 0 Å². The molecule has 0 aliphatic rings. The molecule has 1 aromatic carbocycles. The Kier molecular flexibility index (Phi) is 5.21. The smallest absolute Gasteiger partial charge is 0.331 e.